The maximum absolute atomic E-state index is 11.8. The number of amides is 1. The van der Waals surface area contributed by atoms with Crippen LogP contribution in [-0.4, -0.2) is 65.7 Å². The van der Waals surface area contributed by atoms with Crippen molar-refractivity contribution in [3.8, 4) is 11.5 Å². The number of hydrogen-bond acceptors (Lipinski definition) is 6. The van der Waals surface area contributed by atoms with Crippen molar-refractivity contribution in [2.45, 2.75) is 6.42 Å². The molecule has 0 aromatic heterocycles. The summed E-state index contributed by atoms with van der Waals surface area (Å²) in [5, 5.41) is 5.84. The molecule has 0 atom stereocenters. The minimum atomic E-state index is -0.160. The van der Waals surface area contributed by atoms with Crippen LogP contribution in [0.2, 0.25) is 0 Å². The van der Waals surface area contributed by atoms with E-state index in [1.165, 1.54) is 6.08 Å². The van der Waals surface area contributed by atoms with Crippen LogP contribution in [0.3, 0.4) is 0 Å². The van der Waals surface area contributed by atoms with Crippen LogP contribution >= 0.6 is 0 Å². The lowest BCUT2D eigenvalue weighted by Gasteiger charge is -2.18. The second kappa shape index (κ2) is 12.3. The van der Waals surface area contributed by atoms with E-state index in [9.17, 15) is 4.79 Å². The minimum Gasteiger partial charge on any atom is -0.486 e. The Balaban J connectivity index is 1.54. The van der Waals surface area contributed by atoms with E-state index in [-0.39, 0.29) is 5.91 Å². The SMILES string of the molecule is CNCCCOCCOCCNC(=O)/C=C/c1ccc2c(c1)OCCO2. The Morgan fingerprint density at radius 3 is 2.65 bits per heavy atom. The van der Waals surface area contributed by atoms with Crippen LogP contribution in [0.1, 0.15) is 12.0 Å². The first-order chi connectivity index (χ1) is 12.8. The molecule has 0 bridgehead atoms. The quantitative estimate of drug-likeness (QED) is 0.429. The zero-order chi connectivity index (χ0) is 18.5. The highest BCUT2D eigenvalue weighted by Gasteiger charge is 2.10. The van der Waals surface area contributed by atoms with E-state index in [0.717, 1.165) is 30.9 Å². The lowest BCUT2D eigenvalue weighted by atomic mass is 10.2. The highest BCUT2D eigenvalue weighted by molar-refractivity contribution is 5.91. The number of carbonyl (C=O) groups excluding carboxylic acids is 1. The Morgan fingerprint density at radius 1 is 1.08 bits per heavy atom. The average molecular weight is 364 g/mol. The highest BCUT2D eigenvalue weighted by atomic mass is 16.6. The van der Waals surface area contributed by atoms with Gasteiger partial charge >= 0.3 is 0 Å². The monoisotopic (exact) mass is 364 g/mol. The maximum atomic E-state index is 11.8. The van der Waals surface area contributed by atoms with Gasteiger partial charge in [0.25, 0.3) is 0 Å². The van der Waals surface area contributed by atoms with Crippen molar-refractivity contribution < 1.29 is 23.7 Å². The molecule has 7 heteroatoms. The van der Waals surface area contributed by atoms with Gasteiger partial charge in [-0.15, -0.1) is 0 Å². The molecule has 2 rings (SSSR count). The largest absolute Gasteiger partial charge is 0.486 e. The van der Waals surface area contributed by atoms with Crippen molar-refractivity contribution in [2.24, 2.45) is 0 Å². The van der Waals surface area contributed by atoms with E-state index < -0.39 is 0 Å². The fourth-order valence-electron chi connectivity index (χ4n) is 2.31. The van der Waals surface area contributed by atoms with Crippen LogP contribution in [0.15, 0.2) is 24.3 Å². The molecular weight excluding hydrogens is 336 g/mol. The van der Waals surface area contributed by atoms with Gasteiger partial charge < -0.3 is 29.6 Å². The van der Waals surface area contributed by atoms with Crippen LogP contribution < -0.4 is 20.1 Å². The van der Waals surface area contributed by atoms with Gasteiger partial charge in [-0.2, -0.15) is 0 Å². The summed E-state index contributed by atoms with van der Waals surface area (Å²) in [5.74, 6) is 1.29. The second-order valence-corrected chi connectivity index (χ2v) is 5.71. The fraction of sp³-hybridized carbons (Fsp3) is 0.526. The summed E-state index contributed by atoms with van der Waals surface area (Å²) in [6, 6.07) is 5.59. The number of fused-ring (bicyclic) bond motifs is 1. The van der Waals surface area contributed by atoms with E-state index in [4.69, 9.17) is 18.9 Å². The summed E-state index contributed by atoms with van der Waals surface area (Å²) in [5.41, 5.74) is 0.885. The third-order valence-corrected chi connectivity index (χ3v) is 3.63. The number of carbonyl (C=O) groups is 1. The highest BCUT2D eigenvalue weighted by Crippen LogP contribution is 2.30. The van der Waals surface area contributed by atoms with Crippen LogP contribution in [0.4, 0.5) is 0 Å². The first-order valence-corrected chi connectivity index (χ1v) is 8.95. The molecule has 0 unspecified atom stereocenters. The zero-order valence-corrected chi connectivity index (χ0v) is 15.3. The van der Waals surface area contributed by atoms with Crippen molar-refractivity contribution in [3.63, 3.8) is 0 Å². The predicted octanol–water partition coefficient (Wildman–Crippen LogP) is 1.23. The van der Waals surface area contributed by atoms with Gasteiger partial charge in [-0.25, -0.2) is 0 Å². The molecule has 1 heterocycles. The molecule has 0 saturated carbocycles. The number of rotatable bonds is 12. The van der Waals surface area contributed by atoms with Crippen LogP contribution in [0.25, 0.3) is 6.08 Å². The molecule has 0 radical (unpaired) electrons. The topological polar surface area (TPSA) is 78.0 Å². The van der Waals surface area contributed by atoms with Crippen molar-refractivity contribution >= 4 is 12.0 Å². The van der Waals surface area contributed by atoms with Gasteiger partial charge in [0.15, 0.2) is 11.5 Å². The Hall–Kier alpha value is -2.09. The summed E-state index contributed by atoms with van der Waals surface area (Å²) in [6.07, 6.45) is 4.23. The van der Waals surface area contributed by atoms with Gasteiger partial charge in [-0.1, -0.05) is 6.07 Å². The summed E-state index contributed by atoms with van der Waals surface area (Å²) in [7, 11) is 1.92. The Morgan fingerprint density at radius 2 is 1.85 bits per heavy atom. The number of ether oxygens (including phenoxy) is 4. The van der Waals surface area contributed by atoms with E-state index in [0.29, 0.717) is 45.3 Å². The number of hydrogen-bond donors (Lipinski definition) is 2. The molecule has 144 valence electrons. The van der Waals surface area contributed by atoms with E-state index >= 15 is 0 Å². The van der Waals surface area contributed by atoms with Crippen molar-refractivity contribution in [1.82, 2.24) is 10.6 Å². The minimum absolute atomic E-state index is 0.160. The Bertz CT molecular complexity index is 577. The molecular formula is C19H28N2O5. The van der Waals surface area contributed by atoms with Crippen molar-refractivity contribution in [3.05, 3.63) is 29.8 Å². The van der Waals surface area contributed by atoms with Gasteiger partial charge in [0.1, 0.15) is 13.2 Å². The molecule has 0 fully saturated rings. The van der Waals surface area contributed by atoms with Gasteiger partial charge in [-0.3, -0.25) is 4.79 Å². The molecule has 0 aliphatic carbocycles. The van der Waals surface area contributed by atoms with Gasteiger partial charge in [0.05, 0.1) is 19.8 Å². The molecule has 1 aliphatic heterocycles. The summed E-state index contributed by atoms with van der Waals surface area (Å²) in [4.78, 5) is 11.8. The lowest BCUT2D eigenvalue weighted by Crippen LogP contribution is -2.25. The molecule has 0 spiro atoms. The first-order valence-electron chi connectivity index (χ1n) is 8.95. The summed E-state index contributed by atoms with van der Waals surface area (Å²) in [6.45, 7) is 4.81. The molecule has 2 N–H and O–H groups in total. The molecule has 7 nitrogen and oxygen atoms in total. The van der Waals surface area contributed by atoms with Gasteiger partial charge in [0.2, 0.25) is 5.91 Å². The zero-order valence-electron chi connectivity index (χ0n) is 15.3. The summed E-state index contributed by atoms with van der Waals surface area (Å²) < 4.78 is 21.8. The fourth-order valence-corrected chi connectivity index (χ4v) is 2.31. The van der Waals surface area contributed by atoms with Crippen LogP contribution in [-0.2, 0) is 14.3 Å². The lowest BCUT2D eigenvalue weighted by molar-refractivity contribution is -0.116. The molecule has 1 aromatic rings. The summed E-state index contributed by atoms with van der Waals surface area (Å²) >= 11 is 0. The first kappa shape index (κ1) is 20.2. The van der Waals surface area contributed by atoms with Gasteiger partial charge in [-0.05, 0) is 43.8 Å². The second-order valence-electron chi connectivity index (χ2n) is 5.71. The average Bonchev–Trinajstić information content (AvgIpc) is 2.67. The van der Waals surface area contributed by atoms with Crippen LogP contribution in [0.5, 0.6) is 11.5 Å². The third kappa shape index (κ3) is 7.86. The third-order valence-electron chi connectivity index (χ3n) is 3.63. The van der Waals surface area contributed by atoms with Crippen LogP contribution in [0, 0.1) is 0 Å². The van der Waals surface area contributed by atoms with E-state index in [1.54, 1.807) is 6.08 Å². The number of nitrogens with one attached hydrogen (secondary N) is 2. The normalized spacial score (nSPS) is 13.1. The smallest absolute Gasteiger partial charge is 0.244 e. The Kier molecular flexibility index (Phi) is 9.56. The van der Waals surface area contributed by atoms with Gasteiger partial charge in [0, 0.05) is 19.2 Å². The molecule has 1 amide bonds. The molecule has 0 saturated heterocycles. The maximum Gasteiger partial charge on any atom is 0.244 e. The number of benzene rings is 1. The standard InChI is InChI=1S/C19H28N2O5/c1-20-7-2-9-23-11-12-24-10-8-21-19(22)6-4-16-3-5-17-18(15-16)26-14-13-25-17/h3-6,15,20H,2,7-14H2,1H3,(H,21,22)/b6-4+. The van der Waals surface area contributed by atoms with Crippen molar-refractivity contribution in [2.75, 3.05) is 59.8 Å². The molecule has 1 aliphatic rings. The Labute approximate surface area is 154 Å². The predicted molar refractivity (Wildman–Crippen MR) is 99.7 cm³/mol. The van der Waals surface area contributed by atoms with E-state index in [2.05, 4.69) is 10.6 Å². The molecule has 26 heavy (non-hydrogen) atoms. The van der Waals surface area contributed by atoms with Crippen molar-refractivity contribution in [1.29, 1.82) is 0 Å². The van der Waals surface area contributed by atoms with E-state index in [1.807, 2.05) is 25.2 Å². The molecule has 1 aromatic carbocycles.